The number of halogens is 1. The molecule has 6 heteroatoms. The number of hydrogen-bond acceptors (Lipinski definition) is 4. The van der Waals surface area contributed by atoms with Gasteiger partial charge in [0.1, 0.15) is 11.6 Å². The van der Waals surface area contributed by atoms with Crippen LogP contribution in [0.1, 0.15) is 21.7 Å². The minimum atomic E-state index is -0.265. The molecule has 4 aromatic rings. The van der Waals surface area contributed by atoms with Crippen molar-refractivity contribution in [3.63, 3.8) is 0 Å². The van der Waals surface area contributed by atoms with Crippen LogP contribution in [0.15, 0.2) is 98.3 Å². The fourth-order valence-corrected chi connectivity index (χ4v) is 4.44. The molecule has 1 aliphatic heterocycles. The molecule has 1 amide bonds. The number of benzene rings is 3. The van der Waals surface area contributed by atoms with E-state index in [1.165, 1.54) is 12.1 Å². The molecule has 31 heavy (non-hydrogen) atoms. The summed E-state index contributed by atoms with van der Waals surface area (Å²) in [5, 5.41) is 2.85. The van der Waals surface area contributed by atoms with Gasteiger partial charge >= 0.3 is 0 Å². The molecule has 1 N–H and O–H groups in total. The predicted molar refractivity (Wildman–Crippen MR) is 120 cm³/mol. The average Bonchev–Trinajstić information content (AvgIpc) is 3.24. The Bertz CT molecular complexity index is 1280. The van der Waals surface area contributed by atoms with E-state index in [2.05, 4.69) is 10.3 Å². The maximum absolute atomic E-state index is 13.4. The number of aliphatic imine (C=N–C) groups is 1. The van der Waals surface area contributed by atoms with Crippen LogP contribution in [0.25, 0.3) is 11.1 Å². The van der Waals surface area contributed by atoms with Gasteiger partial charge in [0.15, 0.2) is 0 Å². The molecule has 0 saturated carbocycles. The normalized spacial score (nSPS) is 12.0. The van der Waals surface area contributed by atoms with Gasteiger partial charge in [0.2, 0.25) is 0 Å². The highest BCUT2D eigenvalue weighted by atomic mass is 32.2. The van der Waals surface area contributed by atoms with Crippen molar-refractivity contribution in [3.05, 3.63) is 102 Å². The summed E-state index contributed by atoms with van der Waals surface area (Å²) in [6.07, 6.45) is 3.39. The highest BCUT2D eigenvalue weighted by Crippen LogP contribution is 2.41. The van der Waals surface area contributed by atoms with Crippen LogP contribution in [0.2, 0.25) is 0 Å². The summed E-state index contributed by atoms with van der Waals surface area (Å²) in [6, 6.07) is 21.6. The van der Waals surface area contributed by atoms with Crippen LogP contribution < -0.4 is 5.32 Å². The molecule has 0 fully saturated rings. The molecule has 1 aliphatic rings. The maximum atomic E-state index is 13.4. The Labute approximate surface area is 182 Å². The Hall–Kier alpha value is -3.64. The summed E-state index contributed by atoms with van der Waals surface area (Å²) in [5.41, 5.74) is 4.15. The van der Waals surface area contributed by atoms with Gasteiger partial charge in [-0.1, -0.05) is 36.0 Å². The number of carbonyl (C=O) groups is 1. The second-order valence-electron chi connectivity index (χ2n) is 7.03. The molecule has 0 unspecified atom stereocenters. The zero-order chi connectivity index (χ0) is 21.2. The number of amides is 1. The topological polar surface area (TPSA) is 54.6 Å². The predicted octanol–water partition coefficient (Wildman–Crippen LogP) is 6.23. The molecule has 1 aromatic heterocycles. The number of nitrogens with zero attached hydrogens (tertiary/aromatic N) is 1. The molecule has 0 spiro atoms. The number of fused-ring (bicyclic) bond motifs is 2. The van der Waals surface area contributed by atoms with E-state index in [1.807, 2.05) is 36.5 Å². The largest absolute Gasteiger partial charge is 0.467 e. The van der Waals surface area contributed by atoms with Crippen LogP contribution in [0.4, 0.5) is 10.1 Å². The third-order valence-corrected chi connectivity index (χ3v) is 6.14. The van der Waals surface area contributed by atoms with Gasteiger partial charge in [-0.15, -0.1) is 0 Å². The molecular formula is C25H17FN2O2S. The lowest BCUT2D eigenvalue weighted by atomic mass is 10.0. The number of furan rings is 1. The van der Waals surface area contributed by atoms with Crippen LogP contribution in [0, 0.1) is 5.82 Å². The van der Waals surface area contributed by atoms with Gasteiger partial charge < -0.3 is 9.73 Å². The number of nitrogens with one attached hydrogen (secondary N) is 1. The Morgan fingerprint density at radius 3 is 2.68 bits per heavy atom. The molecule has 5 rings (SSSR count). The van der Waals surface area contributed by atoms with Crippen molar-refractivity contribution in [1.29, 1.82) is 0 Å². The summed E-state index contributed by atoms with van der Waals surface area (Å²) >= 11 is 1.60. The zero-order valence-electron chi connectivity index (χ0n) is 16.3. The highest BCUT2D eigenvalue weighted by Gasteiger charge is 2.17. The molecule has 0 bridgehead atoms. The minimum absolute atomic E-state index is 0.187. The lowest BCUT2D eigenvalue weighted by Gasteiger charge is -2.10. The monoisotopic (exact) mass is 428 g/mol. The van der Waals surface area contributed by atoms with Gasteiger partial charge in [0, 0.05) is 27.1 Å². The first kappa shape index (κ1) is 19.3. The lowest BCUT2D eigenvalue weighted by molar-refractivity contribution is 0.0948. The second-order valence-corrected chi connectivity index (χ2v) is 8.11. The number of hydrogen-bond donors (Lipinski definition) is 1. The van der Waals surface area contributed by atoms with E-state index in [1.54, 1.807) is 48.4 Å². The summed E-state index contributed by atoms with van der Waals surface area (Å²) in [4.78, 5) is 19.2. The maximum Gasteiger partial charge on any atom is 0.251 e. The van der Waals surface area contributed by atoms with E-state index in [9.17, 15) is 9.18 Å². The fraction of sp³-hybridized carbons (Fsp3) is 0.0400. The van der Waals surface area contributed by atoms with Crippen LogP contribution in [-0.4, -0.2) is 12.1 Å². The van der Waals surface area contributed by atoms with Crippen molar-refractivity contribution < 1.29 is 13.6 Å². The summed E-state index contributed by atoms with van der Waals surface area (Å²) in [7, 11) is 0. The Morgan fingerprint density at radius 1 is 1.00 bits per heavy atom. The van der Waals surface area contributed by atoms with Crippen molar-refractivity contribution >= 4 is 29.6 Å². The first-order valence-corrected chi connectivity index (χ1v) is 10.5. The van der Waals surface area contributed by atoms with E-state index in [4.69, 9.17) is 4.42 Å². The summed E-state index contributed by atoms with van der Waals surface area (Å²) in [6.45, 7) is 0.327. The quantitative estimate of drug-likeness (QED) is 0.369. The Kier molecular flexibility index (Phi) is 5.14. The molecule has 0 aliphatic carbocycles. The lowest BCUT2D eigenvalue weighted by Crippen LogP contribution is -2.22. The third kappa shape index (κ3) is 4.02. The van der Waals surface area contributed by atoms with Crippen molar-refractivity contribution in [1.82, 2.24) is 5.32 Å². The van der Waals surface area contributed by atoms with Crippen molar-refractivity contribution in [2.45, 2.75) is 16.3 Å². The van der Waals surface area contributed by atoms with Crippen LogP contribution in [0.3, 0.4) is 0 Å². The summed E-state index contributed by atoms with van der Waals surface area (Å²) < 4.78 is 18.6. The Balaban J connectivity index is 1.44. The summed E-state index contributed by atoms with van der Waals surface area (Å²) in [5.74, 6) is 0.243. The smallest absolute Gasteiger partial charge is 0.251 e. The van der Waals surface area contributed by atoms with Crippen LogP contribution in [-0.2, 0) is 6.54 Å². The van der Waals surface area contributed by atoms with E-state index in [-0.39, 0.29) is 11.7 Å². The van der Waals surface area contributed by atoms with Crippen molar-refractivity contribution in [2.24, 2.45) is 4.99 Å². The van der Waals surface area contributed by atoms with E-state index < -0.39 is 0 Å². The fourth-order valence-electron chi connectivity index (χ4n) is 3.43. The van der Waals surface area contributed by atoms with Gasteiger partial charge in [-0.3, -0.25) is 9.79 Å². The number of rotatable bonds is 4. The molecule has 152 valence electrons. The minimum Gasteiger partial charge on any atom is -0.467 e. The SMILES string of the molecule is O=C(NCc1ccco1)c1ccc2c(c1)N=Cc1c(cccc1-c1ccc(F)cc1)S2. The Morgan fingerprint density at radius 2 is 1.87 bits per heavy atom. The first-order chi connectivity index (χ1) is 15.2. The molecule has 2 heterocycles. The molecule has 3 aromatic carbocycles. The van der Waals surface area contributed by atoms with Crippen LogP contribution >= 0.6 is 11.8 Å². The van der Waals surface area contributed by atoms with Gasteiger partial charge in [-0.05, 0) is 59.7 Å². The van der Waals surface area contributed by atoms with E-state index in [0.717, 1.165) is 32.2 Å². The molecule has 0 atom stereocenters. The second kappa shape index (κ2) is 8.24. The zero-order valence-corrected chi connectivity index (χ0v) is 17.2. The molecule has 0 radical (unpaired) electrons. The van der Waals surface area contributed by atoms with E-state index >= 15 is 0 Å². The van der Waals surface area contributed by atoms with Gasteiger partial charge in [-0.25, -0.2) is 4.39 Å². The third-order valence-electron chi connectivity index (χ3n) is 5.00. The van der Waals surface area contributed by atoms with Gasteiger partial charge in [0.25, 0.3) is 5.91 Å². The standard InChI is InChI=1S/C25H17FN2O2S/c26-18-9-6-16(7-10-18)20-4-1-5-23-21(20)15-27-22-13-17(8-11-24(22)31-23)25(29)28-14-19-3-2-12-30-19/h1-13,15H,14H2,(H,28,29). The first-order valence-electron chi connectivity index (χ1n) is 9.73. The highest BCUT2D eigenvalue weighted by molar-refractivity contribution is 7.99. The molecular weight excluding hydrogens is 411 g/mol. The molecule has 0 saturated heterocycles. The van der Waals surface area contributed by atoms with Crippen LogP contribution in [0.5, 0.6) is 0 Å². The van der Waals surface area contributed by atoms with E-state index in [0.29, 0.717) is 17.9 Å². The average molecular weight is 428 g/mol. The van der Waals surface area contributed by atoms with Crippen molar-refractivity contribution in [2.75, 3.05) is 0 Å². The van der Waals surface area contributed by atoms with Gasteiger partial charge in [-0.2, -0.15) is 0 Å². The van der Waals surface area contributed by atoms with Gasteiger partial charge in [0.05, 0.1) is 18.5 Å². The van der Waals surface area contributed by atoms with Crippen molar-refractivity contribution in [3.8, 4) is 11.1 Å². The number of carbonyl (C=O) groups excluding carboxylic acids is 1. The molecule has 4 nitrogen and oxygen atoms in total.